The lowest BCUT2D eigenvalue weighted by Crippen LogP contribution is -2.47. The molecule has 3 rings (SSSR count). The number of aromatic amines is 1. The highest BCUT2D eigenvalue weighted by Gasteiger charge is 2.25. The highest BCUT2D eigenvalue weighted by Crippen LogP contribution is 2.24. The summed E-state index contributed by atoms with van der Waals surface area (Å²) in [6, 6.07) is 7.30. The van der Waals surface area contributed by atoms with Crippen LogP contribution in [-0.4, -0.2) is 42.0 Å². The first kappa shape index (κ1) is 15.2. The largest absolute Gasteiger partial charge is 0.337 e. The van der Waals surface area contributed by atoms with Crippen molar-refractivity contribution in [2.24, 2.45) is 0 Å². The van der Waals surface area contributed by atoms with E-state index in [0.29, 0.717) is 23.7 Å². The number of hydrogen-bond acceptors (Lipinski definition) is 3. The number of likely N-dealkylation sites (N-methyl/N-ethyl adjacent to an activating group) is 1. The predicted octanol–water partition coefficient (Wildman–Crippen LogP) is 2.11. The zero-order chi connectivity index (χ0) is 15.7. The van der Waals surface area contributed by atoms with E-state index in [1.165, 1.54) is 6.07 Å². The fourth-order valence-electron chi connectivity index (χ4n) is 2.99. The quantitative estimate of drug-likeness (QED) is 0.858. The zero-order valence-corrected chi connectivity index (χ0v) is 13.9. The van der Waals surface area contributed by atoms with Crippen molar-refractivity contribution in [3.05, 3.63) is 44.7 Å². The van der Waals surface area contributed by atoms with Crippen molar-refractivity contribution < 1.29 is 4.79 Å². The average molecular weight is 364 g/mol. The molecule has 1 amide bonds. The number of carbonyl (C=O) groups is 1. The number of pyridine rings is 1. The number of carbonyl (C=O) groups excluding carboxylic acids is 1. The summed E-state index contributed by atoms with van der Waals surface area (Å²) in [6.07, 6.45) is 2.05. The van der Waals surface area contributed by atoms with Crippen LogP contribution in [0.1, 0.15) is 23.2 Å². The maximum Gasteiger partial charge on any atom is 0.254 e. The Morgan fingerprint density at radius 2 is 2.27 bits per heavy atom. The second-order valence-electron chi connectivity index (χ2n) is 5.59. The number of halogens is 1. The Morgan fingerprint density at radius 1 is 1.45 bits per heavy atom. The van der Waals surface area contributed by atoms with E-state index in [0.717, 1.165) is 29.2 Å². The third kappa shape index (κ3) is 2.80. The van der Waals surface area contributed by atoms with Gasteiger partial charge in [0.25, 0.3) is 5.91 Å². The summed E-state index contributed by atoms with van der Waals surface area (Å²) in [5.41, 5.74) is 0.877. The molecule has 1 aromatic carbocycles. The summed E-state index contributed by atoms with van der Waals surface area (Å²) in [4.78, 5) is 29.4. The van der Waals surface area contributed by atoms with E-state index in [4.69, 9.17) is 0 Å². The molecule has 1 aliphatic rings. The van der Waals surface area contributed by atoms with Gasteiger partial charge in [-0.1, -0.05) is 12.1 Å². The molecule has 0 spiro atoms. The number of benzene rings is 1. The molecule has 6 heteroatoms. The molecular formula is C16H18BrN3O2. The Bertz CT molecular complexity index is 772. The van der Waals surface area contributed by atoms with E-state index in [1.54, 1.807) is 0 Å². The highest BCUT2D eigenvalue weighted by molar-refractivity contribution is 9.10. The number of hydrogen-bond donors (Lipinski definition) is 2. The second kappa shape index (κ2) is 6.22. The van der Waals surface area contributed by atoms with Crippen LogP contribution in [0.5, 0.6) is 0 Å². The van der Waals surface area contributed by atoms with Gasteiger partial charge in [-0.05, 0) is 41.9 Å². The van der Waals surface area contributed by atoms with Crippen molar-refractivity contribution in [1.29, 1.82) is 0 Å². The van der Waals surface area contributed by atoms with Crippen LogP contribution in [-0.2, 0) is 0 Å². The number of para-hydroxylation sites is 1. The summed E-state index contributed by atoms with van der Waals surface area (Å²) >= 11 is 3.43. The normalized spacial score (nSPS) is 18.6. The highest BCUT2D eigenvalue weighted by atomic mass is 79.9. The molecule has 0 aliphatic carbocycles. The maximum absolute atomic E-state index is 12.9. The van der Waals surface area contributed by atoms with Crippen LogP contribution in [0, 0.1) is 0 Å². The minimum Gasteiger partial charge on any atom is -0.337 e. The first-order valence-electron chi connectivity index (χ1n) is 7.38. The summed E-state index contributed by atoms with van der Waals surface area (Å²) in [5, 5.41) is 4.00. The molecule has 1 aromatic heterocycles. The standard InChI is InChI=1S/C16H18BrN3O2/c1-18-10-4-3-7-20(9-10)16(22)12-8-14(21)19-15-11(12)5-2-6-13(15)17/h2,5-6,8,10,18H,3-4,7,9H2,1H3,(H,19,21). The Hall–Kier alpha value is -1.66. The van der Waals surface area contributed by atoms with Gasteiger partial charge in [0.15, 0.2) is 0 Å². The molecule has 116 valence electrons. The Labute approximate surface area is 136 Å². The molecule has 0 bridgehead atoms. The van der Waals surface area contributed by atoms with Crippen LogP contribution in [0.4, 0.5) is 0 Å². The number of H-pyrrole nitrogens is 1. The van der Waals surface area contributed by atoms with E-state index in [9.17, 15) is 9.59 Å². The number of likely N-dealkylation sites (tertiary alicyclic amines) is 1. The average Bonchev–Trinajstić information content (AvgIpc) is 2.54. The van der Waals surface area contributed by atoms with Crippen molar-refractivity contribution in [3.63, 3.8) is 0 Å². The molecule has 2 aromatic rings. The monoisotopic (exact) mass is 363 g/mol. The van der Waals surface area contributed by atoms with Gasteiger partial charge in [-0.2, -0.15) is 0 Å². The topological polar surface area (TPSA) is 65.2 Å². The number of rotatable bonds is 2. The van der Waals surface area contributed by atoms with Gasteiger partial charge in [-0.25, -0.2) is 0 Å². The second-order valence-corrected chi connectivity index (χ2v) is 6.44. The summed E-state index contributed by atoms with van der Waals surface area (Å²) < 4.78 is 0.781. The van der Waals surface area contributed by atoms with Crippen LogP contribution >= 0.6 is 15.9 Å². The molecule has 2 heterocycles. The number of amides is 1. The molecule has 1 unspecified atom stereocenters. The molecule has 5 nitrogen and oxygen atoms in total. The molecule has 2 N–H and O–H groups in total. The van der Waals surface area contributed by atoms with Gasteiger partial charge in [-0.15, -0.1) is 0 Å². The number of nitrogens with one attached hydrogen (secondary N) is 2. The lowest BCUT2D eigenvalue weighted by Gasteiger charge is -2.32. The van der Waals surface area contributed by atoms with Crippen molar-refractivity contribution in [2.45, 2.75) is 18.9 Å². The van der Waals surface area contributed by atoms with Crippen molar-refractivity contribution in [3.8, 4) is 0 Å². The lowest BCUT2D eigenvalue weighted by molar-refractivity contribution is 0.0700. The number of nitrogens with zero attached hydrogens (tertiary/aromatic N) is 1. The first-order valence-corrected chi connectivity index (χ1v) is 8.17. The fourth-order valence-corrected chi connectivity index (χ4v) is 3.45. The Balaban J connectivity index is 2.04. The van der Waals surface area contributed by atoms with E-state index >= 15 is 0 Å². The fraction of sp³-hybridized carbons (Fsp3) is 0.375. The van der Waals surface area contributed by atoms with E-state index < -0.39 is 0 Å². The van der Waals surface area contributed by atoms with Crippen LogP contribution in [0.3, 0.4) is 0 Å². The van der Waals surface area contributed by atoms with Crippen LogP contribution in [0.15, 0.2) is 33.5 Å². The third-order valence-corrected chi connectivity index (χ3v) is 4.84. The molecule has 1 fully saturated rings. The Kier molecular flexibility index (Phi) is 4.31. The van der Waals surface area contributed by atoms with Crippen LogP contribution < -0.4 is 10.9 Å². The number of aromatic nitrogens is 1. The van der Waals surface area contributed by atoms with Gasteiger partial charge >= 0.3 is 0 Å². The van der Waals surface area contributed by atoms with Gasteiger partial charge in [0.2, 0.25) is 5.56 Å². The minimum absolute atomic E-state index is 0.0749. The molecular weight excluding hydrogens is 346 g/mol. The smallest absolute Gasteiger partial charge is 0.254 e. The van der Waals surface area contributed by atoms with Gasteiger partial charge in [0.05, 0.1) is 11.1 Å². The summed E-state index contributed by atoms with van der Waals surface area (Å²) in [6.45, 7) is 1.41. The summed E-state index contributed by atoms with van der Waals surface area (Å²) in [5.74, 6) is -0.0749. The van der Waals surface area contributed by atoms with E-state index in [1.807, 2.05) is 30.1 Å². The van der Waals surface area contributed by atoms with Gasteiger partial charge in [0, 0.05) is 35.1 Å². The van der Waals surface area contributed by atoms with Crippen LogP contribution in [0.2, 0.25) is 0 Å². The molecule has 1 atom stereocenters. The first-order chi connectivity index (χ1) is 10.6. The SMILES string of the molecule is CNC1CCCN(C(=O)c2cc(=O)[nH]c3c(Br)cccc23)C1. The number of piperidine rings is 1. The molecule has 1 saturated heterocycles. The predicted molar refractivity (Wildman–Crippen MR) is 90.3 cm³/mol. The van der Waals surface area contributed by atoms with Gasteiger partial charge in [-0.3, -0.25) is 9.59 Å². The maximum atomic E-state index is 12.9. The van der Waals surface area contributed by atoms with Gasteiger partial charge in [0.1, 0.15) is 0 Å². The molecule has 0 radical (unpaired) electrons. The summed E-state index contributed by atoms with van der Waals surface area (Å²) in [7, 11) is 1.92. The van der Waals surface area contributed by atoms with Crippen molar-refractivity contribution >= 4 is 32.7 Å². The van der Waals surface area contributed by atoms with Crippen LogP contribution in [0.25, 0.3) is 10.9 Å². The molecule has 1 aliphatic heterocycles. The third-order valence-electron chi connectivity index (χ3n) is 4.17. The lowest BCUT2D eigenvalue weighted by atomic mass is 10.0. The van der Waals surface area contributed by atoms with Crippen molar-refractivity contribution in [2.75, 3.05) is 20.1 Å². The van der Waals surface area contributed by atoms with Gasteiger partial charge < -0.3 is 15.2 Å². The number of fused-ring (bicyclic) bond motifs is 1. The zero-order valence-electron chi connectivity index (χ0n) is 12.4. The molecule has 0 saturated carbocycles. The minimum atomic E-state index is -0.259. The van der Waals surface area contributed by atoms with Crippen molar-refractivity contribution in [1.82, 2.24) is 15.2 Å². The van der Waals surface area contributed by atoms with E-state index in [-0.39, 0.29) is 11.5 Å². The molecule has 22 heavy (non-hydrogen) atoms. The van der Waals surface area contributed by atoms with E-state index in [2.05, 4.69) is 26.2 Å². The Morgan fingerprint density at radius 3 is 3.05 bits per heavy atom.